The van der Waals surface area contributed by atoms with Gasteiger partial charge in [-0.05, 0) is 56.0 Å². The molecule has 1 N–H and O–H groups in total. The molecular formula is C17H27FN2. The van der Waals surface area contributed by atoms with Crippen molar-refractivity contribution in [2.24, 2.45) is 5.92 Å². The Kier molecular flexibility index (Phi) is 5.41. The highest BCUT2D eigenvalue weighted by atomic mass is 19.1. The SMILES string of the molecule is CCNC(C)c1cc(F)ccc1N(C)CC1CCCC1. The van der Waals surface area contributed by atoms with E-state index in [-0.39, 0.29) is 11.9 Å². The minimum absolute atomic E-state index is 0.150. The molecule has 20 heavy (non-hydrogen) atoms. The van der Waals surface area contributed by atoms with Gasteiger partial charge in [0, 0.05) is 25.3 Å². The predicted octanol–water partition coefficient (Wildman–Crippen LogP) is 4.12. The fraction of sp³-hybridized carbons (Fsp3) is 0.647. The van der Waals surface area contributed by atoms with Gasteiger partial charge in [0.05, 0.1) is 0 Å². The normalized spacial score (nSPS) is 17.4. The summed E-state index contributed by atoms with van der Waals surface area (Å²) in [6.45, 7) is 6.16. The molecule has 1 aromatic carbocycles. The number of nitrogens with zero attached hydrogens (tertiary/aromatic N) is 1. The average Bonchev–Trinajstić information content (AvgIpc) is 2.91. The summed E-state index contributed by atoms with van der Waals surface area (Å²) in [5.74, 6) is 0.648. The van der Waals surface area contributed by atoms with Crippen LogP contribution in [-0.4, -0.2) is 20.1 Å². The molecule has 0 amide bonds. The van der Waals surface area contributed by atoms with Crippen LogP contribution in [0, 0.1) is 11.7 Å². The van der Waals surface area contributed by atoms with E-state index in [9.17, 15) is 4.39 Å². The Hall–Kier alpha value is -1.09. The van der Waals surface area contributed by atoms with Crippen LogP contribution in [0.25, 0.3) is 0 Å². The van der Waals surface area contributed by atoms with Crippen molar-refractivity contribution in [3.05, 3.63) is 29.6 Å². The molecule has 0 heterocycles. The molecule has 1 aromatic rings. The van der Waals surface area contributed by atoms with Crippen LogP contribution in [0.15, 0.2) is 18.2 Å². The molecule has 0 aliphatic heterocycles. The quantitative estimate of drug-likeness (QED) is 0.842. The third-order valence-corrected chi connectivity index (χ3v) is 4.38. The van der Waals surface area contributed by atoms with Crippen LogP contribution in [0.2, 0.25) is 0 Å². The molecule has 1 unspecified atom stereocenters. The number of benzene rings is 1. The van der Waals surface area contributed by atoms with Gasteiger partial charge in [-0.25, -0.2) is 4.39 Å². The number of nitrogens with one attached hydrogen (secondary N) is 1. The molecule has 0 radical (unpaired) electrons. The maximum absolute atomic E-state index is 13.6. The molecule has 1 aliphatic carbocycles. The zero-order valence-electron chi connectivity index (χ0n) is 13.0. The summed E-state index contributed by atoms with van der Waals surface area (Å²) in [5.41, 5.74) is 2.22. The number of halogens is 1. The van der Waals surface area contributed by atoms with Gasteiger partial charge in [0.1, 0.15) is 5.82 Å². The van der Waals surface area contributed by atoms with E-state index in [1.54, 1.807) is 12.1 Å². The predicted molar refractivity (Wildman–Crippen MR) is 83.7 cm³/mol. The molecule has 1 saturated carbocycles. The Morgan fingerprint density at radius 2 is 2.05 bits per heavy atom. The van der Waals surface area contributed by atoms with Gasteiger partial charge in [0.15, 0.2) is 0 Å². The van der Waals surface area contributed by atoms with Crippen LogP contribution in [0.4, 0.5) is 10.1 Å². The maximum atomic E-state index is 13.6. The van der Waals surface area contributed by atoms with Crippen molar-refractivity contribution in [1.82, 2.24) is 5.32 Å². The first-order valence-electron chi connectivity index (χ1n) is 7.85. The smallest absolute Gasteiger partial charge is 0.123 e. The van der Waals surface area contributed by atoms with Gasteiger partial charge in [-0.3, -0.25) is 0 Å². The zero-order valence-corrected chi connectivity index (χ0v) is 13.0. The fourth-order valence-electron chi connectivity index (χ4n) is 3.31. The van der Waals surface area contributed by atoms with Crippen LogP contribution in [0.1, 0.15) is 51.1 Å². The van der Waals surface area contributed by atoms with Gasteiger partial charge >= 0.3 is 0 Å². The third kappa shape index (κ3) is 3.72. The lowest BCUT2D eigenvalue weighted by atomic mass is 10.0. The molecule has 2 nitrogen and oxygen atoms in total. The summed E-state index contributed by atoms with van der Waals surface area (Å²) < 4.78 is 13.6. The van der Waals surface area contributed by atoms with Crippen molar-refractivity contribution >= 4 is 5.69 Å². The topological polar surface area (TPSA) is 15.3 Å². The van der Waals surface area contributed by atoms with Crippen molar-refractivity contribution < 1.29 is 4.39 Å². The van der Waals surface area contributed by atoms with Crippen LogP contribution < -0.4 is 10.2 Å². The van der Waals surface area contributed by atoms with Crippen molar-refractivity contribution in [2.75, 3.05) is 25.0 Å². The summed E-state index contributed by atoms with van der Waals surface area (Å²) in [5, 5.41) is 3.38. The van der Waals surface area contributed by atoms with Gasteiger partial charge in [-0.2, -0.15) is 0 Å². The fourth-order valence-corrected chi connectivity index (χ4v) is 3.31. The van der Waals surface area contributed by atoms with Crippen molar-refractivity contribution in [3.63, 3.8) is 0 Å². The summed E-state index contributed by atoms with van der Waals surface area (Å²) in [7, 11) is 2.13. The van der Waals surface area contributed by atoms with Crippen molar-refractivity contribution in [3.8, 4) is 0 Å². The lowest BCUT2D eigenvalue weighted by Crippen LogP contribution is -2.27. The zero-order chi connectivity index (χ0) is 14.5. The largest absolute Gasteiger partial charge is 0.374 e. The molecule has 0 bridgehead atoms. The van der Waals surface area contributed by atoms with Gasteiger partial charge in [0.25, 0.3) is 0 Å². The van der Waals surface area contributed by atoms with Crippen molar-refractivity contribution in [2.45, 2.75) is 45.6 Å². The van der Waals surface area contributed by atoms with Gasteiger partial charge in [0.2, 0.25) is 0 Å². The molecule has 0 aromatic heterocycles. The van der Waals surface area contributed by atoms with E-state index in [4.69, 9.17) is 0 Å². The van der Waals surface area contributed by atoms with Crippen LogP contribution >= 0.6 is 0 Å². The highest BCUT2D eigenvalue weighted by Gasteiger charge is 2.19. The van der Waals surface area contributed by atoms with E-state index >= 15 is 0 Å². The second-order valence-corrected chi connectivity index (χ2v) is 6.01. The maximum Gasteiger partial charge on any atom is 0.123 e. The number of rotatable bonds is 6. The monoisotopic (exact) mass is 278 g/mol. The number of anilines is 1. The highest BCUT2D eigenvalue weighted by molar-refractivity contribution is 5.54. The molecule has 0 spiro atoms. The summed E-state index contributed by atoms with van der Waals surface area (Å²) in [4.78, 5) is 2.30. The molecule has 1 aliphatic rings. The molecule has 112 valence electrons. The molecule has 1 fully saturated rings. The Labute approximate surface area is 122 Å². The van der Waals surface area contributed by atoms with Gasteiger partial charge in [-0.15, -0.1) is 0 Å². The second-order valence-electron chi connectivity index (χ2n) is 6.01. The van der Waals surface area contributed by atoms with E-state index < -0.39 is 0 Å². The van der Waals surface area contributed by atoms with Crippen molar-refractivity contribution in [1.29, 1.82) is 0 Å². The Bertz CT molecular complexity index is 427. The van der Waals surface area contributed by atoms with Crippen LogP contribution in [0.5, 0.6) is 0 Å². The van der Waals surface area contributed by atoms with Crippen LogP contribution in [0.3, 0.4) is 0 Å². The summed E-state index contributed by atoms with van der Waals surface area (Å²) in [6.07, 6.45) is 5.40. The van der Waals surface area contributed by atoms with E-state index in [2.05, 4.69) is 31.1 Å². The van der Waals surface area contributed by atoms with E-state index in [1.165, 1.54) is 25.7 Å². The highest BCUT2D eigenvalue weighted by Crippen LogP contribution is 2.30. The number of hydrogen-bond donors (Lipinski definition) is 1. The van der Waals surface area contributed by atoms with E-state index in [1.807, 2.05) is 6.07 Å². The van der Waals surface area contributed by atoms with E-state index in [0.717, 1.165) is 30.3 Å². The lowest BCUT2D eigenvalue weighted by Gasteiger charge is -2.27. The third-order valence-electron chi connectivity index (χ3n) is 4.38. The van der Waals surface area contributed by atoms with Gasteiger partial charge in [-0.1, -0.05) is 19.8 Å². The lowest BCUT2D eigenvalue weighted by molar-refractivity contribution is 0.541. The first kappa shape index (κ1) is 15.3. The average molecular weight is 278 g/mol. The van der Waals surface area contributed by atoms with Crippen LogP contribution in [-0.2, 0) is 0 Å². The summed E-state index contributed by atoms with van der Waals surface area (Å²) in [6, 6.07) is 5.35. The Balaban J connectivity index is 2.15. The molecule has 0 saturated heterocycles. The first-order chi connectivity index (χ1) is 9.61. The summed E-state index contributed by atoms with van der Waals surface area (Å²) >= 11 is 0. The minimum Gasteiger partial charge on any atom is -0.374 e. The molecule has 3 heteroatoms. The standard InChI is InChI=1S/C17H27FN2/c1-4-19-13(2)16-11-15(18)9-10-17(16)20(3)12-14-7-5-6-8-14/h9-11,13-14,19H,4-8,12H2,1-3H3. The van der Waals surface area contributed by atoms with Gasteiger partial charge < -0.3 is 10.2 Å². The van der Waals surface area contributed by atoms with E-state index in [0.29, 0.717) is 0 Å². The first-order valence-corrected chi connectivity index (χ1v) is 7.85. The molecular weight excluding hydrogens is 251 g/mol. The Morgan fingerprint density at radius 3 is 2.70 bits per heavy atom. The Morgan fingerprint density at radius 1 is 1.35 bits per heavy atom. The second kappa shape index (κ2) is 7.07. The molecule has 2 rings (SSSR count). The number of hydrogen-bond acceptors (Lipinski definition) is 2. The molecule has 1 atom stereocenters. The minimum atomic E-state index is -0.150.